The van der Waals surface area contributed by atoms with Gasteiger partial charge in [0.05, 0.1) is 11.8 Å². The van der Waals surface area contributed by atoms with Gasteiger partial charge in [-0.15, -0.1) is 0 Å². The third kappa shape index (κ3) is 4.01. The normalized spacial score (nSPS) is 21.3. The molecule has 1 aromatic heterocycles. The van der Waals surface area contributed by atoms with Crippen molar-refractivity contribution < 1.29 is 9.59 Å². The van der Waals surface area contributed by atoms with Crippen LogP contribution in [0.1, 0.15) is 17.5 Å². The summed E-state index contributed by atoms with van der Waals surface area (Å²) in [5.74, 6) is 0.739. The standard InChI is InChI=1S/C22H26N4O2/c1-16-6-2-3-7-17(16)15-24-21(27)18-14-19(18)22(28)26-12-10-25(11-13-26)20-8-4-5-9-23-20/h2-9,18-19H,10-15H2,1H3,(H,24,27). The maximum atomic E-state index is 12.8. The molecule has 2 aliphatic rings. The van der Waals surface area contributed by atoms with Gasteiger partial charge in [-0.2, -0.15) is 0 Å². The Bertz CT molecular complexity index is 847. The van der Waals surface area contributed by atoms with E-state index in [4.69, 9.17) is 0 Å². The molecule has 2 amide bonds. The highest BCUT2D eigenvalue weighted by Gasteiger charge is 2.49. The van der Waals surface area contributed by atoms with E-state index in [0.29, 0.717) is 26.1 Å². The van der Waals surface area contributed by atoms with Crippen molar-refractivity contribution in [2.45, 2.75) is 19.9 Å². The number of pyridine rings is 1. The van der Waals surface area contributed by atoms with Gasteiger partial charge in [-0.3, -0.25) is 9.59 Å². The van der Waals surface area contributed by atoms with Crippen LogP contribution in [0.3, 0.4) is 0 Å². The van der Waals surface area contributed by atoms with Gasteiger partial charge in [0, 0.05) is 38.9 Å². The maximum absolute atomic E-state index is 12.8. The van der Waals surface area contributed by atoms with E-state index in [1.807, 2.05) is 54.3 Å². The number of rotatable bonds is 5. The zero-order chi connectivity index (χ0) is 19.5. The number of amides is 2. The number of piperazine rings is 1. The molecule has 4 rings (SSSR count). The van der Waals surface area contributed by atoms with Crippen LogP contribution in [0.25, 0.3) is 0 Å². The molecule has 28 heavy (non-hydrogen) atoms. The smallest absolute Gasteiger partial charge is 0.226 e. The molecule has 0 radical (unpaired) electrons. The summed E-state index contributed by atoms with van der Waals surface area (Å²) >= 11 is 0. The first-order chi connectivity index (χ1) is 13.6. The van der Waals surface area contributed by atoms with E-state index in [1.54, 1.807) is 6.20 Å². The van der Waals surface area contributed by atoms with Crippen LogP contribution in [0.5, 0.6) is 0 Å². The quantitative estimate of drug-likeness (QED) is 0.864. The average molecular weight is 378 g/mol. The molecule has 1 saturated heterocycles. The van der Waals surface area contributed by atoms with Crippen LogP contribution in [0.4, 0.5) is 5.82 Å². The summed E-state index contributed by atoms with van der Waals surface area (Å²) in [5.41, 5.74) is 2.28. The van der Waals surface area contributed by atoms with Crippen molar-refractivity contribution in [3.8, 4) is 0 Å². The lowest BCUT2D eigenvalue weighted by molar-refractivity contribution is -0.135. The largest absolute Gasteiger partial charge is 0.353 e. The highest BCUT2D eigenvalue weighted by molar-refractivity contribution is 5.92. The molecule has 2 aromatic rings. The Morgan fingerprint density at radius 1 is 1.04 bits per heavy atom. The molecule has 1 aliphatic carbocycles. The first-order valence-corrected chi connectivity index (χ1v) is 9.90. The highest BCUT2D eigenvalue weighted by atomic mass is 16.2. The van der Waals surface area contributed by atoms with Gasteiger partial charge in [0.2, 0.25) is 11.8 Å². The average Bonchev–Trinajstić information content (AvgIpc) is 3.54. The number of nitrogens with one attached hydrogen (secondary N) is 1. The second kappa shape index (κ2) is 8.00. The van der Waals surface area contributed by atoms with E-state index >= 15 is 0 Å². The van der Waals surface area contributed by atoms with Crippen LogP contribution >= 0.6 is 0 Å². The number of aromatic nitrogens is 1. The van der Waals surface area contributed by atoms with E-state index in [1.165, 1.54) is 0 Å². The monoisotopic (exact) mass is 378 g/mol. The second-order valence-electron chi connectivity index (χ2n) is 7.59. The first kappa shape index (κ1) is 18.5. The van der Waals surface area contributed by atoms with E-state index in [0.717, 1.165) is 30.0 Å². The maximum Gasteiger partial charge on any atom is 0.226 e. The molecule has 2 unspecified atom stereocenters. The molecule has 6 heteroatoms. The molecule has 2 fully saturated rings. The number of hydrogen-bond donors (Lipinski definition) is 1. The summed E-state index contributed by atoms with van der Waals surface area (Å²) in [7, 11) is 0. The SMILES string of the molecule is Cc1ccccc1CNC(=O)C1CC1C(=O)N1CCN(c2ccccn2)CC1. The predicted octanol–water partition coefficient (Wildman–Crippen LogP) is 1.99. The number of nitrogens with zero attached hydrogens (tertiary/aromatic N) is 3. The lowest BCUT2D eigenvalue weighted by atomic mass is 10.1. The second-order valence-corrected chi connectivity index (χ2v) is 7.59. The molecule has 1 N–H and O–H groups in total. The number of anilines is 1. The Labute approximate surface area is 165 Å². The summed E-state index contributed by atoms with van der Waals surface area (Å²) in [6.07, 6.45) is 2.45. The van der Waals surface area contributed by atoms with E-state index in [9.17, 15) is 9.59 Å². The van der Waals surface area contributed by atoms with Gasteiger partial charge < -0.3 is 15.1 Å². The van der Waals surface area contributed by atoms with Gasteiger partial charge in [-0.25, -0.2) is 4.98 Å². The van der Waals surface area contributed by atoms with Crippen molar-refractivity contribution >= 4 is 17.6 Å². The van der Waals surface area contributed by atoms with Gasteiger partial charge >= 0.3 is 0 Å². The Balaban J connectivity index is 1.24. The number of benzene rings is 1. The van der Waals surface area contributed by atoms with E-state index in [-0.39, 0.29) is 23.7 Å². The fraction of sp³-hybridized carbons (Fsp3) is 0.409. The zero-order valence-corrected chi connectivity index (χ0v) is 16.2. The summed E-state index contributed by atoms with van der Waals surface area (Å²) < 4.78 is 0. The minimum atomic E-state index is -0.176. The molecular weight excluding hydrogens is 352 g/mol. The molecule has 1 saturated carbocycles. The van der Waals surface area contributed by atoms with Gasteiger partial charge in [0.25, 0.3) is 0 Å². The molecule has 6 nitrogen and oxygen atoms in total. The first-order valence-electron chi connectivity index (χ1n) is 9.90. The molecule has 2 atom stereocenters. The summed E-state index contributed by atoms with van der Waals surface area (Å²) in [4.78, 5) is 33.7. The summed E-state index contributed by atoms with van der Waals surface area (Å²) in [6, 6.07) is 13.9. The third-order valence-corrected chi connectivity index (χ3v) is 5.72. The fourth-order valence-electron chi connectivity index (χ4n) is 3.81. The van der Waals surface area contributed by atoms with Crippen LogP contribution in [0.2, 0.25) is 0 Å². The van der Waals surface area contributed by atoms with Crippen molar-refractivity contribution in [1.82, 2.24) is 15.2 Å². The molecular formula is C22H26N4O2. The van der Waals surface area contributed by atoms with Crippen LogP contribution in [-0.4, -0.2) is 47.9 Å². The van der Waals surface area contributed by atoms with Crippen LogP contribution in [0.15, 0.2) is 48.7 Å². The summed E-state index contributed by atoms with van der Waals surface area (Å²) in [6.45, 7) is 5.48. The Hall–Kier alpha value is -2.89. The Kier molecular flexibility index (Phi) is 5.28. The van der Waals surface area contributed by atoms with Crippen molar-refractivity contribution in [3.63, 3.8) is 0 Å². The minimum absolute atomic E-state index is 0.00581. The van der Waals surface area contributed by atoms with Crippen molar-refractivity contribution in [2.75, 3.05) is 31.1 Å². The topological polar surface area (TPSA) is 65.5 Å². The van der Waals surface area contributed by atoms with Crippen LogP contribution in [-0.2, 0) is 16.1 Å². The number of aryl methyl sites for hydroxylation is 1. The number of hydrogen-bond acceptors (Lipinski definition) is 4. The van der Waals surface area contributed by atoms with Crippen molar-refractivity contribution in [2.24, 2.45) is 11.8 Å². The molecule has 0 spiro atoms. The van der Waals surface area contributed by atoms with Gasteiger partial charge in [0.1, 0.15) is 5.82 Å². The van der Waals surface area contributed by atoms with Gasteiger partial charge in [0.15, 0.2) is 0 Å². The predicted molar refractivity (Wildman–Crippen MR) is 108 cm³/mol. The van der Waals surface area contributed by atoms with Crippen LogP contribution in [0, 0.1) is 18.8 Å². The highest BCUT2D eigenvalue weighted by Crippen LogP contribution is 2.40. The van der Waals surface area contributed by atoms with Gasteiger partial charge in [-0.05, 0) is 36.6 Å². The summed E-state index contributed by atoms with van der Waals surface area (Å²) in [5, 5.41) is 2.99. The van der Waals surface area contributed by atoms with Crippen molar-refractivity contribution in [3.05, 3.63) is 59.8 Å². The minimum Gasteiger partial charge on any atom is -0.353 e. The van der Waals surface area contributed by atoms with Crippen LogP contribution < -0.4 is 10.2 Å². The number of carbonyl (C=O) groups is 2. The molecule has 0 bridgehead atoms. The fourth-order valence-corrected chi connectivity index (χ4v) is 3.81. The molecule has 1 aliphatic heterocycles. The van der Waals surface area contributed by atoms with Crippen molar-refractivity contribution in [1.29, 1.82) is 0 Å². The van der Waals surface area contributed by atoms with Gasteiger partial charge in [-0.1, -0.05) is 30.3 Å². The third-order valence-electron chi connectivity index (χ3n) is 5.72. The lowest BCUT2D eigenvalue weighted by Crippen LogP contribution is -2.49. The zero-order valence-electron chi connectivity index (χ0n) is 16.2. The Morgan fingerprint density at radius 3 is 2.50 bits per heavy atom. The lowest BCUT2D eigenvalue weighted by Gasteiger charge is -2.35. The Morgan fingerprint density at radius 2 is 1.79 bits per heavy atom. The molecule has 1 aromatic carbocycles. The number of carbonyl (C=O) groups excluding carboxylic acids is 2. The van der Waals surface area contributed by atoms with E-state index < -0.39 is 0 Å². The molecule has 2 heterocycles. The molecule has 146 valence electrons. The van der Waals surface area contributed by atoms with E-state index in [2.05, 4.69) is 15.2 Å².